The predicted octanol–water partition coefficient (Wildman–Crippen LogP) is 2.79. The van der Waals surface area contributed by atoms with Crippen LogP contribution in [0.15, 0.2) is 29.2 Å². The van der Waals surface area contributed by atoms with Crippen LogP contribution in [0.1, 0.15) is 30.0 Å². The number of rotatable bonds is 1. The minimum atomic E-state index is 0. The largest absolute Gasteiger partial charge is 0.310 e. The molecule has 0 radical (unpaired) electrons. The number of benzene rings is 1. The van der Waals surface area contributed by atoms with Crippen LogP contribution < -0.4 is 5.56 Å². The van der Waals surface area contributed by atoms with Gasteiger partial charge >= 0.3 is 0 Å². The van der Waals surface area contributed by atoms with Gasteiger partial charge in [-0.3, -0.25) is 4.79 Å². The third-order valence-corrected chi connectivity index (χ3v) is 5.87. The molecule has 4 heteroatoms. The summed E-state index contributed by atoms with van der Waals surface area (Å²) in [5.74, 6) is 0.696. The zero-order valence-corrected chi connectivity index (χ0v) is 13.4. The predicted molar refractivity (Wildman–Crippen MR) is 91.1 cm³/mol. The molecule has 1 aromatic carbocycles. The molecule has 3 fully saturated rings. The molecule has 0 amide bonds. The lowest BCUT2D eigenvalue weighted by Gasteiger charge is -2.45. The molecule has 22 heavy (non-hydrogen) atoms. The summed E-state index contributed by atoms with van der Waals surface area (Å²) in [6.07, 6.45) is 6.89. The van der Waals surface area contributed by atoms with Gasteiger partial charge in [-0.2, -0.15) is 0 Å². The summed E-state index contributed by atoms with van der Waals surface area (Å²) in [6.45, 7) is 3.51. The Morgan fingerprint density at radius 1 is 1.05 bits per heavy atom. The van der Waals surface area contributed by atoms with Gasteiger partial charge in [0, 0.05) is 18.1 Å². The standard InChI is InChI=1S/C18H20N2O.ClH/c21-18-15-3-1-2-13-4-5-14(17(13)15)10-20(18)16-11-19-8-6-12(16)7-9-19;/h1-3,10,12,16H,4-9,11H2;1H/t16-;/m1./s1. The maximum absolute atomic E-state index is 13.0. The lowest BCUT2D eigenvalue weighted by Crippen LogP contribution is -2.50. The van der Waals surface area contributed by atoms with Crippen LogP contribution in [0.4, 0.5) is 0 Å². The average Bonchev–Trinajstić information content (AvgIpc) is 2.96. The summed E-state index contributed by atoms with van der Waals surface area (Å²) in [7, 11) is 0. The van der Waals surface area contributed by atoms with Gasteiger partial charge in [-0.15, -0.1) is 12.4 Å². The van der Waals surface area contributed by atoms with Crippen LogP contribution in [0.5, 0.6) is 0 Å². The summed E-state index contributed by atoms with van der Waals surface area (Å²) >= 11 is 0. The highest BCUT2D eigenvalue weighted by Crippen LogP contribution is 2.36. The molecule has 116 valence electrons. The van der Waals surface area contributed by atoms with E-state index >= 15 is 0 Å². The zero-order chi connectivity index (χ0) is 14.0. The molecular formula is C18H21ClN2O. The Kier molecular flexibility index (Phi) is 3.31. The molecule has 0 unspecified atom stereocenters. The Hall–Kier alpha value is -1.32. The van der Waals surface area contributed by atoms with Gasteiger partial charge in [0.2, 0.25) is 0 Å². The molecular weight excluding hydrogens is 296 g/mol. The molecule has 4 aliphatic rings. The Balaban J connectivity index is 0.00000125. The summed E-state index contributed by atoms with van der Waals surface area (Å²) in [5.41, 5.74) is 2.98. The molecule has 1 atom stereocenters. The fourth-order valence-corrected chi connectivity index (χ4v) is 4.75. The second kappa shape index (κ2) is 5.10. The molecule has 4 heterocycles. The van der Waals surface area contributed by atoms with Crippen LogP contribution in [-0.2, 0) is 12.8 Å². The molecule has 3 aliphatic heterocycles. The van der Waals surface area contributed by atoms with Gasteiger partial charge in [0.05, 0.1) is 6.04 Å². The molecule has 2 aromatic rings. The Labute approximate surface area is 136 Å². The lowest BCUT2D eigenvalue weighted by atomic mass is 9.83. The fourth-order valence-electron chi connectivity index (χ4n) is 4.75. The van der Waals surface area contributed by atoms with Gasteiger partial charge in [0.25, 0.3) is 5.56 Å². The first-order chi connectivity index (χ1) is 10.3. The number of pyridine rings is 1. The van der Waals surface area contributed by atoms with Gasteiger partial charge in [0.1, 0.15) is 0 Å². The highest BCUT2D eigenvalue weighted by atomic mass is 35.5. The average molecular weight is 317 g/mol. The molecule has 0 N–H and O–H groups in total. The summed E-state index contributed by atoms with van der Waals surface area (Å²) < 4.78 is 2.09. The van der Waals surface area contributed by atoms with Crippen molar-refractivity contribution in [3.05, 3.63) is 45.9 Å². The molecule has 6 rings (SSSR count). The van der Waals surface area contributed by atoms with Crippen molar-refractivity contribution in [3.8, 4) is 0 Å². The summed E-state index contributed by atoms with van der Waals surface area (Å²) in [5, 5.41) is 2.19. The van der Waals surface area contributed by atoms with Crippen molar-refractivity contribution < 1.29 is 0 Å². The molecule has 3 saturated heterocycles. The maximum Gasteiger partial charge on any atom is 0.258 e. The first-order valence-electron chi connectivity index (χ1n) is 8.19. The highest BCUT2D eigenvalue weighted by molar-refractivity contribution is 5.89. The number of hydrogen-bond acceptors (Lipinski definition) is 2. The van der Waals surface area contributed by atoms with E-state index in [1.807, 2.05) is 6.07 Å². The first-order valence-corrected chi connectivity index (χ1v) is 8.19. The van der Waals surface area contributed by atoms with Crippen molar-refractivity contribution in [2.75, 3.05) is 19.6 Å². The van der Waals surface area contributed by atoms with E-state index in [1.54, 1.807) is 0 Å². The Morgan fingerprint density at radius 2 is 1.82 bits per heavy atom. The van der Waals surface area contributed by atoms with Gasteiger partial charge in [-0.25, -0.2) is 0 Å². The van der Waals surface area contributed by atoms with E-state index in [2.05, 4.69) is 27.8 Å². The SMILES string of the molecule is Cl.O=c1c2cccc3c2c(cn1[C@@H]1CN2CCC1CC2)CC3. The number of aromatic nitrogens is 1. The first kappa shape index (κ1) is 14.3. The normalized spacial score (nSPS) is 28.8. The van der Waals surface area contributed by atoms with Crippen molar-refractivity contribution in [1.29, 1.82) is 0 Å². The van der Waals surface area contributed by atoms with E-state index in [1.165, 1.54) is 42.4 Å². The van der Waals surface area contributed by atoms with Crippen LogP contribution in [0.25, 0.3) is 10.8 Å². The minimum absolute atomic E-state index is 0. The monoisotopic (exact) mass is 316 g/mol. The molecule has 1 aliphatic carbocycles. The number of halogens is 1. The van der Waals surface area contributed by atoms with E-state index in [9.17, 15) is 4.79 Å². The van der Waals surface area contributed by atoms with E-state index < -0.39 is 0 Å². The maximum atomic E-state index is 13.0. The van der Waals surface area contributed by atoms with Crippen LogP contribution >= 0.6 is 12.4 Å². The third kappa shape index (κ3) is 1.88. The topological polar surface area (TPSA) is 25.2 Å². The van der Waals surface area contributed by atoms with Crippen LogP contribution in [0.3, 0.4) is 0 Å². The van der Waals surface area contributed by atoms with Gasteiger partial charge in [0.15, 0.2) is 0 Å². The van der Waals surface area contributed by atoms with Crippen molar-refractivity contribution in [2.24, 2.45) is 5.92 Å². The van der Waals surface area contributed by atoms with E-state index in [0.29, 0.717) is 12.0 Å². The smallest absolute Gasteiger partial charge is 0.258 e. The Morgan fingerprint density at radius 3 is 2.55 bits per heavy atom. The molecule has 1 aromatic heterocycles. The summed E-state index contributed by atoms with van der Waals surface area (Å²) in [6, 6.07) is 6.64. The zero-order valence-electron chi connectivity index (χ0n) is 12.6. The molecule has 0 spiro atoms. The number of nitrogens with zero attached hydrogens (tertiary/aromatic N) is 2. The van der Waals surface area contributed by atoms with Crippen molar-refractivity contribution in [2.45, 2.75) is 31.7 Å². The number of hydrogen-bond donors (Lipinski definition) is 0. The van der Waals surface area contributed by atoms with Gasteiger partial charge in [-0.1, -0.05) is 12.1 Å². The molecule has 3 nitrogen and oxygen atoms in total. The van der Waals surface area contributed by atoms with E-state index in [4.69, 9.17) is 0 Å². The number of piperidine rings is 3. The lowest BCUT2D eigenvalue weighted by molar-refractivity contribution is 0.0556. The second-order valence-corrected chi connectivity index (χ2v) is 6.91. The highest BCUT2D eigenvalue weighted by Gasteiger charge is 2.36. The number of fused-ring (bicyclic) bond motifs is 3. The molecule has 0 saturated carbocycles. The quantitative estimate of drug-likeness (QED) is 0.808. The van der Waals surface area contributed by atoms with Gasteiger partial charge in [-0.05, 0) is 67.3 Å². The summed E-state index contributed by atoms with van der Waals surface area (Å²) in [4.78, 5) is 15.5. The van der Waals surface area contributed by atoms with Crippen molar-refractivity contribution in [1.82, 2.24) is 9.47 Å². The third-order valence-electron chi connectivity index (χ3n) is 5.87. The van der Waals surface area contributed by atoms with Crippen LogP contribution in [0, 0.1) is 5.92 Å². The van der Waals surface area contributed by atoms with E-state index in [0.717, 1.165) is 24.8 Å². The van der Waals surface area contributed by atoms with Crippen molar-refractivity contribution >= 4 is 23.2 Å². The van der Waals surface area contributed by atoms with Crippen LogP contribution in [-0.4, -0.2) is 29.1 Å². The second-order valence-electron chi connectivity index (χ2n) is 6.91. The Bertz CT molecular complexity index is 790. The van der Waals surface area contributed by atoms with E-state index in [-0.39, 0.29) is 18.0 Å². The fraction of sp³-hybridized carbons (Fsp3) is 0.500. The van der Waals surface area contributed by atoms with Crippen LogP contribution in [0.2, 0.25) is 0 Å². The minimum Gasteiger partial charge on any atom is -0.310 e. The van der Waals surface area contributed by atoms with Gasteiger partial charge < -0.3 is 9.47 Å². The number of aryl methyl sites for hydroxylation is 2. The molecule has 2 bridgehead atoms. The van der Waals surface area contributed by atoms with Crippen molar-refractivity contribution in [3.63, 3.8) is 0 Å².